The molecule has 2 aromatic carbocycles. The number of furan rings is 1. The van der Waals surface area contributed by atoms with Crippen LogP contribution in [0.3, 0.4) is 0 Å². The number of aromatic amines is 1. The fourth-order valence-electron chi connectivity index (χ4n) is 3.69. The van der Waals surface area contributed by atoms with Crippen LogP contribution in [0.4, 0.5) is 11.6 Å². The molecule has 1 aliphatic rings. The molecule has 5 rings (SSSR count). The van der Waals surface area contributed by atoms with E-state index in [4.69, 9.17) is 19.9 Å². The van der Waals surface area contributed by atoms with Crippen molar-refractivity contribution in [1.29, 1.82) is 0 Å². The number of anilines is 1. The third kappa shape index (κ3) is 2.58. The van der Waals surface area contributed by atoms with Gasteiger partial charge in [-0.05, 0) is 61.5 Å². The van der Waals surface area contributed by atoms with E-state index >= 15 is 0 Å². The molecule has 0 saturated carbocycles. The molecule has 6 heteroatoms. The number of aryl methyl sites for hydroxylation is 1. The summed E-state index contributed by atoms with van der Waals surface area (Å²) in [5.74, 6) is 2.10. The van der Waals surface area contributed by atoms with Crippen molar-refractivity contribution in [1.82, 2.24) is 4.98 Å². The summed E-state index contributed by atoms with van der Waals surface area (Å²) in [6.45, 7) is 2.05. The number of aromatic nitrogens is 1. The van der Waals surface area contributed by atoms with Crippen LogP contribution in [0, 0.1) is 6.92 Å². The summed E-state index contributed by atoms with van der Waals surface area (Å²) in [5.41, 5.74) is 11.6. The lowest BCUT2D eigenvalue weighted by molar-refractivity contribution is 0.415. The van der Waals surface area contributed by atoms with E-state index in [1.54, 1.807) is 13.4 Å². The number of methoxy groups -OCH3 is 1. The second kappa shape index (κ2) is 6.28. The maximum Gasteiger partial charge on any atom is 0.227 e. The molecule has 0 radical (unpaired) electrons. The molecular weight excluding hydrogens is 352 g/mol. The topological polar surface area (TPSA) is 79.8 Å². The van der Waals surface area contributed by atoms with Crippen LogP contribution >= 0.6 is 0 Å². The van der Waals surface area contributed by atoms with E-state index in [1.807, 2.05) is 48.2 Å². The number of aliphatic imine (C=N–C) groups is 1. The normalized spacial score (nSPS) is 16.2. The van der Waals surface area contributed by atoms with Crippen LogP contribution in [-0.2, 0) is 0 Å². The standard InChI is InChI=1S/C22H20N4O2/c1-13-11-15-12-14(3-8-19(15)24-13)21-25-22-18(9-10-28-22)20(23)26(21)16-4-6-17(27-2)7-5-16/h3-12,20,24H,23H2,1-2H3. The third-order valence-corrected chi connectivity index (χ3v) is 5.07. The number of amidine groups is 1. The molecule has 2 aromatic heterocycles. The van der Waals surface area contributed by atoms with Gasteiger partial charge in [0.25, 0.3) is 0 Å². The minimum atomic E-state index is -0.404. The summed E-state index contributed by atoms with van der Waals surface area (Å²) in [6.07, 6.45) is 1.22. The van der Waals surface area contributed by atoms with Crippen molar-refractivity contribution in [2.45, 2.75) is 13.1 Å². The quantitative estimate of drug-likeness (QED) is 0.549. The molecule has 0 aliphatic carbocycles. The third-order valence-electron chi connectivity index (χ3n) is 5.07. The first-order valence-electron chi connectivity index (χ1n) is 9.09. The molecule has 6 nitrogen and oxygen atoms in total. The van der Waals surface area contributed by atoms with Crippen LogP contribution < -0.4 is 15.4 Å². The first kappa shape index (κ1) is 16.6. The van der Waals surface area contributed by atoms with Gasteiger partial charge in [0.05, 0.1) is 18.9 Å². The van der Waals surface area contributed by atoms with E-state index in [9.17, 15) is 0 Å². The van der Waals surface area contributed by atoms with Gasteiger partial charge in [0.15, 0.2) is 0 Å². The maximum atomic E-state index is 6.63. The molecule has 3 N–H and O–H groups in total. The average molecular weight is 372 g/mol. The van der Waals surface area contributed by atoms with Crippen LogP contribution in [0.25, 0.3) is 10.9 Å². The number of nitrogens with two attached hydrogens (primary N) is 1. The number of ether oxygens (including phenoxy) is 1. The van der Waals surface area contributed by atoms with E-state index in [-0.39, 0.29) is 0 Å². The zero-order valence-corrected chi connectivity index (χ0v) is 15.6. The van der Waals surface area contributed by atoms with Crippen LogP contribution in [-0.4, -0.2) is 17.9 Å². The van der Waals surface area contributed by atoms with Crippen LogP contribution in [0.15, 0.2) is 70.3 Å². The fourth-order valence-corrected chi connectivity index (χ4v) is 3.69. The zero-order chi connectivity index (χ0) is 19.3. The number of nitrogens with one attached hydrogen (secondary N) is 1. The Morgan fingerprint density at radius 3 is 2.71 bits per heavy atom. The Kier molecular flexibility index (Phi) is 3.74. The highest BCUT2D eigenvalue weighted by atomic mass is 16.5. The summed E-state index contributed by atoms with van der Waals surface area (Å²) in [5, 5.41) is 1.13. The molecule has 4 aromatic rings. The van der Waals surface area contributed by atoms with Crippen molar-refractivity contribution in [3.05, 3.63) is 77.7 Å². The van der Waals surface area contributed by atoms with E-state index in [0.29, 0.717) is 5.88 Å². The van der Waals surface area contributed by atoms with Gasteiger partial charge in [-0.25, -0.2) is 0 Å². The van der Waals surface area contributed by atoms with Crippen LogP contribution in [0.1, 0.15) is 23.0 Å². The molecule has 1 unspecified atom stereocenters. The number of H-pyrrole nitrogens is 1. The summed E-state index contributed by atoms with van der Waals surface area (Å²) in [6, 6.07) is 18.0. The highest BCUT2D eigenvalue weighted by molar-refractivity contribution is 6.13. The molecule has 28 heavy (non-hydrogen) atoms. The van der Waals surface area contributed by atoms with E-state index in [2.05, 4.69) is 23.2 Å². The molecule has 0 saturated heterocycles. The Bertz CT molecular complexity index is 1190. The van der Waals surface area contributed by atoms with Gasteiger partial charge >= 0.3 is 0 Å². The molecular formula is C22H20N4O2. The van der Waals surface area contributed by atoms with Crippen molar-refractivity contribution in [2.24, 2.45) is 10.7 Å². The van der Waals surface area contributed by atoms with Crippen molar-refractivity contribution in [3.63, 3.8) is 0 Å². The monoisotopic (exact) mass is 372 g/mol. The SMILES string of the molecule is COc1ccc(N2C(c3ccc4[nH]c(C)cc4c3)=Nc3occc3C2N)cc1. The lowest BCUT2D eigenvalue weighted by Crippen LogP contribution is -2.41. The Hall–Kier alpha value is -3.51. The second-order valence-corrected chi connectivity index (χ2v) is 6.88. The maximum absolute atomic E-state index is 6.63. The average Bonchev–Trinajstić information content (AvgIpc) is 3.33. The molecule has 0 amide bonds. The van der Waals surface area contributed by atoms with Gasteiger partial charge in [-0.15, -0.1) is 0 Å². The lowest BCUT2D eigenvalue weighted by Gasteiger charge is -2.34. The lowest BCUT2D eigenvalue weighted by atomic mass is 10.1. The number of hydrogen-bond donors (Lipinski definition) is 2. The first-order chi connectivity index (χ1) is 13.6. The van der Waals surface area contributed by atoms with Gasteiger partial charge < -0.3 is 24.8 Å². The minimum Gasteiger partial charge on any atom is -0.497 e. The summed E-state index contributed by atoms with van der Waals surface area (Å²) in [7, 11) is 1.65. The fraction of sp³-hybridized carbons (Fsp3) is 0.136. The Labute approximate surface area is 162 Å². The predicted molar refractivity (Wildman–Crippen MR) is 110 cm³/mol. The highest BCUT2D eigenvalue weighted by Gasteiger charge is 2.31. The number of rotatable bonds is 3. The van der Waals surface area contributed by atoms with Gasteiger partial charge in [-0.1, -0.05) is 0 Å². The number of hydrogen-bond acceptors (Lipinski definition) is 5. The van der Waals surface area contributed by atoms with Gasteiger partial charge in [-0.2, -0.15) is 4.99 Å². The molecule has 0 fully saturated rings. The molecule has 3 heterocycles. The number of fused-ring (bicyclic) bond motifs is 2. The summed E-state index contributed by atoms with van der Waals surface area (Å²) >= 11 is 0. The van der Waals surface area contributed by atoms with Crippen molar-refractivity contribution in [2.75, 3.05) is 12.0 Å². The molecule has 1 atom stereocenters. The van der Waals surface area contributed by atoms with E-state index in [1.165, 1.54) is 0 Å². The Morgan fingerprint density at radius 2 is 1.93 bits per heavy atom. The molecule has 0 bridgehead atoms. The first-order valence-corrected chi connectivity index (χ1v) is 9.09. The Morgan fingerprint density at radius 1 is 1.11 bits per heavy atom. The number of nitrogens with zero attached hydrogens (tertiary/aromatic N) is 2. The summed E-state index contributed by atoms with van der Waals surface area (Å²) in [4.78, 5) is 10.2. The largest absolute Gasteiger partial charge is 0.497 e. The van der Waals surface area contributed by atoms with Crippen molar-refractivity contribution < 1.29 is 9.15 Å². The van der Waals surface area contributed by atoms with E-state index < -0.39 is 6.17 Å². The van der Waals surface area contributed by atoms with Crippen LogP contribution in [0.2, 0.25) is 0 Å². The van der Waals surface area contributed by atoms with Crippen molar-refractivity contribution in [3.8, 4) is 5.75 Å². The smallest absolute Gasteiger partial charge is 0.227 e. The highest BCUT2D eigenvalue weighted by Crippen LogP contribution is 2.38. The van der Waals surface area contributed by atoms with Gasteiger partial charge in [0.2, 0.25) is 5.88 Å². The molecule has 1 aliphatic heterocycles. The number of benzene rings is 2. The van der Waals surface area contributed by atoms with Gasteiger partial charge in [0, 0.05) is 27.8 Å². The van der Waals surface area contributed by atoms with Crippen LogP contribution in [0.5, 0.6) is 5.75 Å². The zero-order valence-electron chi connectivity index (χ0n) is 15.6. The Balaban J connectivity index is 1.67. The minimum absolute atomic E-state index is 0.404. The van der Waals surface area contributed by atoms with Gasteiger partial charge in [-0.3, -0.25) is 0 Å². The van der Waals surface area contributed by atoms with Gasteiger partial charge in [0.1, 0.15) is 17.8 Å². The van der Waals surface area contributed by atoms with E-state index in [0.717, 1.165) is 45.0 Å². The van der Waals surface area contributed by atoms with Crippen molar-refractivity contribution >= 4 is 28.3 Å². The predicted octanol–water partition coefficient (Wildman–Crippen LogP) is 4.63. The second-order valence-electron chi connectivity index (χ2n) is 6.88. The molecule has 0 spiro atoms. The summed E-state index contributed by atoms with van der Waals surface area (Å²) < 4.78 is 10.9. The molecule has 140 valence electrons.